The lowest BCUT2D eigenvalue weighted by molar-refractivity contribution is 0.122. The molecule has 0 saturated carbocycles. The molecular formula is C41H32Cl3N13O12S3. The molecule has 5 aromatic carbocycles. The number of para-hydroxylation sites is 1. The van der Waals surface area contributed by atoms with E-state index in [4.69, 9.17) is 48.4 Å². The van der Waals surface area contributed by atoms with Crippen LogP contribution >= 0.6 is 34.8 Å². The van der Waals surface area contributed by atoms with Crippen LogP contribution < -0.4 is 26.2 Å². The van der Waals surface area contributed by atoms with Gasteiger partial charge in [0.05, 0.1) is 41.3 Å². The monoisotopic (exact) mass is 1100 g/mol. The zero-order valence-corrected chi connectivity index (χ0v) is 41.0. The number of hydrogen-bond donors (Lipinski definition) is 9. The van der Waals surface area contributed by atoms with Crippen molar-refractivity contribution in [3.8, 4) is 0 Å². The smallest absolute Gasteiger partial charge is 0.300 e. The molecule has 1 fully saturated rings. The minimum Gasteiger partial charge on any atom is -0.450 e. The number of halogens is 3. The van der Waals surface area contributed by atoms with E-state index in [-0.39, 0.29) is 84.1 Å². The summed E-state index contributed by atoms with van der Waals surface area (Å²) >= 11 is 20.0. The molecule has 0 aliphatic carbocycles. The molecule has 9 N–H and O–H groups in total. The number of aromatic amines is 2. The number of anilines is 9. The molecular weight excluding hydrogens is 1070 g/mol. The Kier molecular flexibility index (Phi) is 12.5. The summed E-state index contributed by atoms with van der Waals surface area (Å²) in [6.45, 7) is 3.68. The molecule has 10 rings (SSSR count). The van der Waals surface area contributed by atoms with Crippen LogP contribution in [0.15, 0.2) is 96.3 Å². The van der Waals surface area contributed by atoms with E-state index >= 15 is 0 Å². The highest BCUT2D eigenvalue weighted by Gasteiger charge is 2.29. The molecule has 1 saturated heterocycles. The van der Waals surface area contributed by atoms with Crippen molar-refractivity contribution in [1.29, 1.82) is 0 Å². The number of nitrogens with one attached hydrogen (secondary N) is 6. The fraction of sp³-hybridized carbons (Fsp3) is 0.122. The molecule has 1 aliphatic heterocycles. The minimum absolute atomic E-state index is 0.0365. The number of aromatic nitrogens is 8. The first-order chi connectivity index (χ1) is 34.2. The highest BCUT2D eigenvalue weighted by Crippen LogP contribution is 2.43. The van der Waals surface area contributed by atoms with Crippen LogP contribution in [-0.4, -0.2) is 105 Å². The summed E-state index contributed by atoms with van der Waals surface area (Å²) in [5, 5.41) is 10.3. The van der Waals surface area contributed by atoms with Crippen molar-refractivity contribution in [3.05, 3.63) is 93.7 Å². The van der Waals surface area contributed by atoms with E-state index in [9.17, 15) is 38.9 Å². The molecule has 0 radical (unpaired) electrons. The molecule has 9 aromatic rings. The number of morpholine rings is 1. The van der Waals surface area contributed by atoms with Crippen LogP contribution in [0.5, 0.6) is 0 Å². The number of fused-ring (bicyclic) bond motifs is 4. The Balaban J connectivity index is 1.06. The van der Waals surface area contributed by atoms with Crippen molar-refractivity contribution >= 4 is 162 Å². The van der Waals surface area contributed by atoms with Gasteiger partial charge in [0, 0.05) is 18.8 Å². The summed E-state index contributed by atoms with van der Waals surface area (Å²) in [7, 11) is -15.1. The Labute approximate surface area is 419 Å². The summed E-state index contributed by atoms with van der Waals surface area (Å²) in [6.07, 6.45) is 0. The molecule has 25 nitrogen and oxygen atoms in total. The summed E-state index contributed by atoms with van der Waals surface area (Å²) in [5.41, 5.74) is -0.788. The van der Waals surface area contributed by atoms with Gasteiger partial charge in [0.1, 0.15) is 26.0 Å². The summed E-state index contributed by atoms with van der Waals surface area (Å²) in [6, 6.07) is 17.9. The van der Waals surface area contributed by atoms with Crippen LogP contribution in [0.1, 0.15) is 5.56 Å². The minimum atomic E-state index is -5.21. The zero-order valence-electron chi connectivity index (χ0n) is 36.3. The Morgan fingerprint density at radius 1 is 0.556 bits per heavy atom. The number of ether oxygens (including phenoxy) is 1. The van der Waals surface area contributed by atoms with E-state index in [1.165, 1.54) is 42.5 Å². The predicted molar refractivity (Wildman–Crippen MR) is 265 cm³/mol. The van der Waals surface area contributed by atoms with E-state index in [1.807, 2.05) is 36.1 Å². The maximum absolute atomic E-state index is 13.3. The molecule has 72 heavy (non-hydrogen) atoms. The second-order valence-corrected chi connectivity index (χ2v) is 20.7. The molecule has 0 amide bonds. The van der Waals surface area contributed by atoms with Crippen molar-refractivity contribution in [2.24, 2.45) is 0 Å². The predicted octanol–water partition coefficient (Wildman–Crippen LogP) is 8.46. The Morgan fingerprint density at radius 3 is 1.53 bits per heavy atom. The molecule has 0 spiro atoms. The normalized spacial score (nSPS) is 13.5. The van der Waals surface area contributed by atoms with Gasteiger partial charge in [0.2, 0.25) is 35.0 Å². The summed E-state index contributed by atoms with van der Waals surface area (Å²) in [5.74, 6) is -0.477. The second-order valence-electron chi connectivity index (χ2n) is 15.5. The quantitative estimate of drug-likeness (QED) is 0.0409. The van der Waals surface area contributed by atoms with Gasteiger partial charge in [0.15, 0.2) is 32.1 Å². The van der Waals surface area contributed by atoms with Gasteiger partial charge in [-0.3, -0.25) is 13.7 Å². The summed E-state index contributed by atoms with van der Waals surface area (Å²) < 4.78 is 126. The Bertz CT molecular complexity index is 4090. The van der Waals surface area contributed by atoms with Crippen LogP contribution in [0.3, 0.4) is 0 Å². The van der Waals surface area contributed by atoms with Gasteiger partial charge >= 0.3 is 0 Å². The SMILES string of the molecule is Cc1ccc(Nc2nc(Nc3ccc4[nH]c5c(Cl)c6oc7c(S(=O)(=O)O)c(Nc8nc(Cl)nc(Nc9ccccc9S(=O)(=O)O)n8)ccc7[nH]c6c(Cl)c5oc4c3S(=O)(=O)O)nc(N3CCOCC3)n2)cc1. The van der Waals surface area contributed by atoms with Gasteiger partial charge in [-0.25, -0.2) is 0 Å². The number of nitrogens with zero attached hydrogens (tertiary/aromatic N) is 7. The lowest BCUT2D eigenvalue weighted by Gasteiger charge is -2.27. The zero-order chi connectivity index (χ0) is 50.9. The van der Waals surface area contributed by atoms with Gasteiger partial charge in [-0.15, -0.1) is 0 Å². The van der Waals surface area contributed by atoms with Gasteiger partial charge in [-0.05, 0) is 67.1 Å². The lowest BCUT2D eigenvalue weighted by Crippen LogP contribution is -2.37. The average molecular weight is 1100 g/mol. The Morgan fingerprint density at radius 2 is 1.03 bits per heavy atom. The van der Waals surface area contributed by atoms with E-state index in [2.05, 4.69) is 61.1 Å². The maximum Gasteiger partial charge on any atom is 0.300 e. The standard InChI is InChI=1S/C41H32Cl3N13O12S3/c1-18-6-8-19(9-7-18)45-37-53-40(56-41(55-37)57-14-16-67-17-15-57)50-24-13-11-22-31(35(24)72(64,65)66)69-33-27(43)28-32(26(42)29(33)47-22)68-30-21(46-28)10-12-23(34(30)71(61,62)63)49-39-52-36(44)51-38(54-39)48-20-4-2-3-5-25(20)70(58,59)60/h2-13,46-47H,14-17H2,1H3,(H,58,59,60)(H,61,62,63)(H,64,65,66)(H2,45,50,53,55,56)(H2,48,49,51,52,54). The molecule has 372 valence electrons. The highest BCUT2D eigenvalue weighted by molar-refractivity contribution is 7.86. The van der Waals surface area contributed by atoms with Gasteiger partial charge < -0.3 is 49.7 Å². The van der Waals surface area contributed by atoms with E-state index in [0.717, 1.165) is 11.6 Å². The number of rotatable bonds is 12. The van der Waals surface area contributed by atoms with Gasteiger partial charge in [0.25, 0.3) is 30.4 Å². The fourth-order valence-corrected chi connectivity index (χ4v) is 10.4. The fourth-order valence-electron chi connectivity index (χ4n) is 7.53. The molecule has 0 atom stereocenters. The second kappa shape index (κ2) is 18.5. The lowest BCUT2D eigenvalue weighted by atomic mass is 10.2. The largest absolute Gasteiger partial charge is 0.450 e. The number of benzene rings is 5. The van der Waals surface area contributed by atoms with Crippen LogP contribution in [0.2, 0.25) is 15.3 Å². The first kappa shape index (κ1) is 48.5. The van der Waals surface area contributed by atoms with Crippen LogP contribution in [0, 0.1) is 6.92 Å². The summed E-state index contributed by atoms with van der Waals surface area (Å²) in [4.78, 5) is 31.2. The molecule has 0 unspecified atom stereocenters. The molecule has 0 bridgehead atoms. The number of aryl methyl sites for hydroxylation is 1. The van der Waals surface area contributed by atoms with Crippen molar-refractivity contribution in [2.75, 3.05) is 52.5 Å². The van der Waals surface area contributed by atoms with Crippen molar-refractivity contribution in [2.45, 2.75) is 21.6 Å². The van der Waals surface area contributed by atoms with Crippen LogP contribution in [-0.2, 0) is 35.1 Å². The molecule has 31 heteroatoms. The number of H-pyrrole nitrogens is 2. The van der Waals surface area contributed by atoms with Crippen molar-refractivity contribution in [3.63, 3.8) is 0 Å². The maximum atomic E-state index is 13.3. The molecule has 1 aliphatic rings. The van der Waals surface area contributed by atoms with E-state index in [1.54, 1.807) is 0 Å². The van der Waals surface area contributed by atoms with Crippen LogP contribution in [0.4, 0.5) is 52.5 Å². The third-order valence-corrected chi connectivity index (χ3v) is 14.3. The highest BCUT2D eigenvalue weighted by atomic mass is 35.5. The molecule has 4 aromatic heterocycles. The van der Waals surface area contributed by atoms with Crippen molar-refractivity contribution < 1.29 is 52.5 Å². The van der Waals surface area contributed by atoms with Crippen LogP contribution in [0.25, 0.3) is 44.4 Å². The van der Waals surface area contributed by atoms with E-state index < -0.39 is 67.4 Å². The first-order valence-electron chi connectivity index (χ1n) is 20.6. The molecule has 5 heterocycles. The Hall–Kier alpha value is -7.12. The average Bonchev–Trinajstić information content (AvgIpc) is 3.32. The first-order valence-corrected chi connectivity index (χ1v) is 26.1. The van der Waals surface area contributed by atoms with E-state index in [0.29, 0.717) is 32.0 Å². The third-order valence-electron chi connectivity index (χ3n) is 10.7. The topological polar surface area (TPSA) is 359 Å². The van der Waals surface area contributed by atoms with Crippen molar-refractivity contribution in [1.82, 2.24) is 39.9 Å². The number of hydrogen-bond acceptors (Lipinski definition) is 20. The van der Waals surface area contributed by atoms with Gasteiger partial charge in [-0.2, -0.15) is 55.2 Å². The third kappa shape index (κ3) is 9.66. The van der Waals surface area contributed by atoms with Gasteiger partial charge in [-0.1, -0.05) is 53.0 Å².